The van der Waals surface area contributed by atoms with Crippen molar-refractivity contribution in [2.75, 3.05) is 79.7 Å². The van der Waals surface area contributed by atoms with E-state index in [4.69, 9.17) is 63.0 Å². The number of carboxylic acid groups (broad SMARTS) is 1. The van der Waals surface area contributed by atoms with Crippen molar-refractivity contribution in [2.24, 2.45) is 5.73 Å². The number of nitrogens with one attached hydrogen (secondary N) is 3. The number of ether oxygens (including phenoxy) is 10. The molecule has 6 aromatic carbocycles. The molecule has 13 atom stereocenters. The fourth-order valence-electron chi connectivity index (χ4n) is 20.0. The standard InChI is InChI=1S/C41H41N5O8S.C31H31N3O9S.C10H12N2.C2H4O2/c1-18-12-21-13-25-26(14-42)46-27-15-51-40(49)41(39-23(10-11-43-41)22-8-6-7-9-24(22)44-39)16-55-38(32(46)31(45(25)4)28(21)33(48)34(18)50-5)30-29(27)37-36(52-17-53-37)19(2)35(30)54-20(3)47;1-12-6-15-7-16-17(8-32)34-18-9-40-31(38)19(36)10-44-30(24(34)23(33(16)4)20(15)25(37)26(12)39-5)22-21(18)29-28(41-11-42-29)13(2)27(22)43-14(3)35;11-6-5-8-7-12-10-4-2-1-3-9(8)10;1-2(3)4/h6-9,12,25-27,31-32,38,43-44,48H,10-11,13,15-17H2,1-5H3;6,16-18,23-24,30,37H,7,9-11H2,1-5H3;1-4,7,12H,5-6,11H2;1H3,(H,3,4)/t25-,26-,27-,31+,32?,38+,41+;16-,17-,18-,23+,24?,30+;;/m00../s1. The number of aryl methyl sites for hydroxylation is 2. The van der Waals surface area contributed by atoms with Gasteiger partial charge in [0, 0.05) is 130 Å². The number of nitrogens with zero attached hydrogens (tertiary/aromatic N) is 6. The number of ketones is 1. The number of piperazine rings is 2. The van der Waals surface area contributed by atoms with Crippen LogP contribution in [0.5, 0.6) is 57.5 Å². The molecule has 4 saturated heterocycles. The largest absolute Gasteiger partial charge is 0.504 e. The Morgan fingerprint density at radius 1 is 0.652 bits per heavy atom. The second kappa shape index (κ2) is 30.5. The number of likely N-dealkylation sites (N-methyl/N-ethyl adjacent to an activating group) is 2. The molecule has 600 valence electrons. The van der Waals surface area contributed by atoms with Crippen LogP contribution in [0.1, 0.15) is 139 Å². The maximum Gasteiger partial charge on any atom is 0.375 e. The summed E-state index contributed by atoms with van der Waals surface area (Å²) >= 11 is 2.77. The van der Waals surface area contributed by atoms with E-state index in [1.165, 1.54) is 49.2 Å². The molecule has 0 radical (unpaired) electrons. The Labute approximate surface area is 670 Å². The molecule has 31 heteroatoms. The third-order valence-corrected chi connectivity index (χ3v) is 27.2. The molecule has 20 rings (SSSR count). The number of aromatic amines is 2. The fraction of sp³-hybridized carbons (Fsp3) is 0.429. The number of methoxy groups -OCH3 is 2. The zero-order valence-electron chi connectivity index (χ0n) is 65.2. The lowest BCUT2D eigenvalue weighted by molar-refractivity contribution is -0.157. The van der Waals surface area contributed by atoms with Gasteiger partial charge in [0.1, 0.15) is 36.8 Å². The Balaban J connectivity index is 0.000000147. The van der Waals surface area contributed by atoms with E-state index in [2.05, 4.69) is 77.4 Å². The van der Waals surface area contributed by atoms with Crippen molar-refractivity contribution in [1.82, 2.24) is 34.9 Å². The molecule has 2 aromatic heterocycles. The molecule has 0 aliphatic carbocycles. The monoisotopic (exact) mass is 1600 g/mol. The number of H-pyrrole nitrogens is 2. The third-order valence-electron chi connectivity index (χ3n) is 24.4. The molecule has 12 aliphatic rings. The summed E-state index contributed by atoms with van der Waals surface area (Å²) in [6.45, 7) is 12.0. The van der Waals surface area contributed by atoms with Crippen molar-refractivity contribution < 1.29 is 91.5 Å². The molecular weight excluding hydrogens is 1520 g/mol. The number of thioether (sulfide) groups is 2. The number of benzene rings is 6. The number of rotatable bonds is 6. The number of phenolic OH excluding ortho intramolecular Hbond substituents is 2. The van der Waals surface area contributed by atoms with E-state index >= 15 is 0 Å². The molecule has 8 N–H and O–H groups in total. The summed E-state index contributed by atoms with van der Waals surface area (Å²) in [5.41, 5.74) is 18.3. The minimum atomic E-state index is -1.24. The van der Waals surface area contributed by atoms with Crippen LogP contribution in [0.4, 0.5) is 0 Å². The molecular formula is C84H88N10O19S2. The number of hydrogen-bond acceptors (Lipinski definition) is 28. The zero-order valence-corrected chi connectivity index (χ0v) is 66.8. The highest BCUT2D eigenvalue weighted by Crippen LogP contribution is 2.67. The van der Waals surface area contributed by atoms with Gasteiger partial charge in [-0.1, -0.05) is 48.5 Å². The van der Waals surface area contributed by atoms with Gasteiger partial charge in [0.2, 0.25) is 19.4 Å². The van der Waals surface area contributed by atoms with E-state index in [1.807, 2.05) is 71.4 Å². The van der Waals surface area contributed by atoms with Gasteiger partial charge in [0.05, 0.1) is 72.5 Å². The number of para-hydroxylation sites is 2. The molecule has 14 heterocycles. The van der Waals surface area contributed by atoms with Crippen LogP contribution in [0.3, 0.4) is 0 Å². The molecule has 115 heavy (non-hydrogen) atoms. The first-order valence-corrected chi connectivity index (χ1v) is 40.2. The number of nitriles is 2. The van der Waals surface area contributed by atoms with E-state index in [0.717, 1.165) is 75.3 Å². The Bertz CT molecular complexity index is 5480. The summed E-state index contributed by atoms with van der Waals surface area (Å²) in [4.78, 5) is 90.3. The highest BCUT2D eigenvalue weighted by Gasteiger charge is 2.64. The molecule has 0 amide bonds. The normalized spacial score (nSPS) is 26.3. The average Bonchev–Trinajstić information content (AvgIpc) is 1.52. The highest BCUT2D eigenvalue weighted by atomic mass is 32.2. The molecule has 8 aromatic rings. The number of carbonyl (C=O) groups is 6. The number of esters is 4. The van der Waals surface area contributed by atoms with Crippen molar-refractivity contribution in [3.8, 4) is 69.6 Å². The first kappa shape index (κ1) is 78.2. The molecule has 1 spiro atoms. The molecule has 12 aliphatic heterocycles. The number of carboxylic acids is 1. The second-order valence-corrected chi connectivity index (χ2v) is 32.9. The number of aromatic nitrogens is 2. The summed E-state index contributed by atoms with van der Waals surface area (Å²) in [5.74, 6) is -0.537. The minimum absolute atomic E-state index is 0.0240. The molecule has 0 saturated carbocycles. The van der Waals surface area contributed by atoms with Gasteiger partial charge < -0.3 is 78.4 Å². The van der Waals surface area contributed by atoms with Crippen molar-refractivity contribution in [2.45, 2.75) is 151 Å². The number of Topliss-reactive ketones (excluding diaryl/α,β-unsaturated/α-hetero) is 1. The first-order valence-electron chi connectivity index (χ1n) is 38.1. The maximum absolute atomic E-state index is 14.8. The van der Waals surface area contributed by atoms with E-state index in [9.17, 15) is 44.7 Å². The lowest BCUT2D eigenvalue weighted by atomic mass is 9.71. The molecule has 8 bridgehead atoms. The van der Waals surface area contributed by atoms with Gasteiger partial charge >= 0.3 is 23.9 Å². The van der Waals surface area contributed by atoms with Gasteiger partial charge in [-0.2, -0.15) is 10.5 Å². The summed E-state index contributed by atoms with van der Waals surface area (Å²) < 4.78 is 59.8. The van der Waals surface area contributed by atoms with Gasteiger partial charge in [-0.3, -0.25) is 44.1 Å². The Kier molecular flexibility index (Phi) is 20.7. The highest BCUT2D eigenvalue weighted by molar-refractivity contribution is 8.00. The minimum Gasteiger partial charge on any atom is -0.504 e. The van der Waals surface area contributed by atoms with Crippen LogP contribution >= 0.6 is 23.5 Å². The summed E-state index contributed by atoms with van der Waals surface area (Å²) in [6, 6.07) is 20.4. The molecule has 29 nitrogen and oxygen atoms in total. The zero-order chi connectivity index (χ0) is 81.2. The molecule has 4 fully saturated rings. The lowest BCUT2D eigenvalue weighted by Crippen LogP contribution is -2.69. The predicted octanol–water partition coefficient (Wildman–Crippen LogP) is 9.31. The second-order valence-electron chi connectivity index (χ2n) is 30.6. The van der Waals surface area contributed by atoms with Crippen LogP contribution in [0, 0.1) is 50.4 Å². The van der Waals surface area contributed by atoms with Gasteiger partial charge in [0.25, 0.3) is 5.97 Å². The SMILES string of the molecule is CC(=O)O.COc1c(C)cc2c(c1O)[C@@H]1C3[C@@H]4SCC(=O)C(=O)OC[C@@H](c5c6c(c(C)c(OC(C)=O)c54)OCO6)N3[C@@H](C#N)[C@H](C2)N1C.COc1c(C)cc2c(c1O)[C@@H]1C3[C@@H]4SC[C@]5(NCCc6c5[nH]c5ccccc65)C(=O)OC[C@@H](c5c6c(c(C)c(OC(C)=O)c54)OCO6)N3[C@@H](C#N)[C@H](C2)N1C.NCCc1c[nH]c2ccccc12. The summed E-state index contributed by atoms with van der Waals surface area (Å²) in [7, 11) is 7.02. The van der Waals surface area contributed by atoms with Crippen molar-refractivity contribution in [3.05, 3.63) is 150 Å². The van der Waals surface area contributed by atoms with Crippen LogP contribution in [-0.2, 0) is 69.5 Å². The van der Waals surface area contributed by atoms with Crippen LogP contribution in [0.2, 0.25) is 0 Å². The van der Waals surface area contributed by atoms with Crippen molar-refractivity contribution >= 4 is 81.0 Å². The Hall–Kier alpha value is -10.7. The van der Waals surface area contributed by atoms with E-state index in [-0.39, 0.29) is 61.9 Å². The van der Waals surface area contributed by atoms with Gasteiger partial charge in [-0.05, 0) is 120 Å². The van der Waals surface area contributed by atoms with E-state index in [1.54, 1.807) is 25.8 Å². The number of cyclic esters (lactones) is 1. The maximum atomic E-state index is 14.8. The molecule has 2 unspecified atom stereocenters. The average molecular weight is 1610 g/mol. The summed E-state index contributed by atoms with van der Waals surface area (Å²) in [5, 5.41) is 58.0. The van der Waals surface area contributed by atoms with Crippen LogP contribution in [0.15, 0.2) is 66.9 Å². The number of aromatic hydroxyl groups is 2. The summed E-state index contributed by atoms with van der Waals surface area (Å²) in [6.07, 6.45) is 4.72. The quantitative estimate of drug-likeness (QED) is 0.0463. The van der Waals surface area contributed by atoms with E-state index < -0.39 is 100 Å². The van der Waals surface area contributed by atoms with E-state index in [0.29, 0.717) is 105 Å². The Morgan fingerprint density at radius 2 is 1.14 bits per heavy atom. The van der Waals surface area contributed by atoms with Gasteiger partial charge in [0.15, 0.2) is 51.5 Å². The number of phenols is 2. The van der Waals surface area contributed by atoms with Crippen LogP contribution < -0.4 is 48.9 Å². The number of aliphatic carboxylic acids is 1. The van der Waals surface area contributed by atoms with Gasteiger partial charge in [-0.25, -0.2) is 9.59 Å². The number of hydrogen-bond donors (Lipinski definition) is 7. The number of nitrogens with two attached hydrogens (primary N) is 1. The first-order chi connectivity index (χ1) is 55.3. The predicted molar refractivity (Wildman–Crippen MR) is 421 cm³/mol. The van der Waals surface area contributed by atoms with Crippen LogP contribution in [-0.4, -0.2) is 196 Å². The third kappa shape index (κ3) is 12.5. The van der Waals surface area contributed by atoms with Gasteiger partial charge in [-0.15, -0.1) is 23.5 Å². The number of fused-ring (bicyclic) bond motifs is 21. The topological polar surface area (TPSA) is 386 Å². The van der Waals surface area contributed by atoms with Crippen molar-refractivity contribution in [1.29, 1.82) is 10.5 Å². The number of carbonyl (C=O) groups excluding carboxylic acids is 5. The van der Waals surface area contributed by atoms with Crippen molar-refractivity contribution in [3.63, 3.8) is 0 Å². The lowest BCUT2D eigenvalue weighted by Gasteiger charge is -2.62. The Morgan fingerprint density at radius 3 is 1.64 bits per heavy atom. The van der Waals surface area contributed by atoms with Crippen LogP contribution in [0.25, 0.3) is 21.8 Å². The smallest absolute Gasteiger partial charge is 0.375 e. The fourth-order valence-corrected chi connectivity index (χ4v) is 23.0.